The van der Waals surface area contributed by atoms with E-state index in [1.807, 2.05) is 0 Å². The SMILES string of the molecule is C=C1C(=O)O[C@@H]2/C=C(/CO)CC/C=C(/C=O)C[C@H](OC(=O)/C(C)=C\C)[C@H]12. The summed E-state index contributed by atoms with van der Waals surface area (Å²) in [6, 6.07) is 0. The molecule has 1 saturated heterocycles. The zero-order chi connectivity index (χ0) is 19.3. The Kier molecular flexibility index (Phi) is 6.69. The van der Waals surface area contributed by atoms with Gasteiger partial charge in [-0.05, 0) is 43.9 Å². The summed E-state index contributed by atoms with van der Waals surface area (Å²) in [5.74, 6) is -1.69. The number of ether oxygens (including phenoxy) is 2. The molecule has 1 N–H and O–H groups in total. The number of aliphatic hydroxyl groups is 1. The lowest BCUT2D eigenvalue weighted by Crippen LogP contribution is -2.34. The topological polar surface area (TPSA) is 89.9 Å². The van der Waals surface area contributed by atoms with E-state index < -0.39 is 30.1 Å². The molecule has 140 valence electrons. The molecule has 1 heterocycles. The highest BCUT2D eigenvalue weighted by Gasteiger charge is 2.44. The fraction of sp³-hybridized carbons (Fsp3) is 0.450. The van der Waals surface area contributed by atoms with Crippen molar-refractivity contribution in [2.24, 2.45) is 5.92 Å². The van der Waals surface area contributed by atoms with Crippen molar-refractivity contribution in [3.63, 3.8) is 0 Å². The normalized spacial score (nSPS) is 31.0. The second-order valence-corrected chi connectivity index (χ2v) is 6.46. The lowest BCUT2D eigenvalue weighted by atomic mass is 9.85. The third kappa shape index (κ3) is 4.38. The monoisotopic (exact) mass is 360 g/mol. The first kappa shape index (κ1) is 19.8. The Morgan fingerprint density at radius 3 is 2.85 bits per heavy atom. The standard InChI is InChI=1S/C20H24O6/c1-4-12(2)19(23)25-16-8-14(10-21)6-5-7-15(11-22)9-17-18(16)13(3)20(24)26-17/h4,6,9-10,16-18,22H,3,5,7-8,11H2,1-2H3/b12-4-,14-6+,15-9+/t16-,17+,18-/m0/s1. The van der Waals surface area contributed by atoms with Crippen LogP contribution < -0.4 is 0 Å². The number of allylic oxidation sites excluding steroid dienone is 2. The van der Waals surface area contributed by atoms with Crippen LogP contribution >= 0.6 is 0 Å². The second-order valence-electron chi connectivity index (χ2n) is 6.46. The summed E-state index contributed by atoms with van der Waals surface area (Å²) in [4.78, 5) is 35.8. The minimum atomic E-state index is -0.771. The maximum Gasteiger partial charge on any atom is 0.334 e. The van der Waals surface area contributed by atoms with Crippen molar-refractivity contribution >= 4 is 18.2 Å². The predicted molar refractivity (Wildman–Crippen MR) is 95.0 cm³/mol. The summed E-state index contributed by atoms with van der Waals surface area (Å²) in [6.07, 6.45) is 5.63. The molecule has 0 saturated carbocycles. The number of aliphatic hydroxyl groups excluding tert-OH is 1. The Morgan fingerprint density at radius 1 is 1.50 bits per heavy atom. The molecule has 1 fully saturated rings. The molecule has 0 amide bonds. The summed E-state index contributed by atoms with van der Waals surface area (Å²) in [6.45, 7) is 6.96. The van der Waals surface area contributed by atoms with Crippen molar-refractivity contribution in [1.29, 1.82) is 0 Å². The lowest BCUT2D eigenvalue weighted by Gasteiger charge is -2.27. The fourth-order valence-corrected chi connectivity index (χ4v) is 3.07. The summed E-state index contributed by atoms with van der Waals surface area (Å²) >= 11 is 0. The van der Waals surface area contributed by atoms with Crippen LogP contribution in [0.1, 0.15) is 33.1 Å². The first-order chi connectivity index (χ1) is 12.4. The van der Waals surface area contributed by atoms with Gasteiger partial charge < -0.3 is 14.6 Å². The highest BCUT2D eigenvalue weighted by molar-refractivity contribution is 5.92. The number of carbonyl (C=O) groups excluding carboxylic acids is 3. The molecule has 2 rings (SSSR count). The van der Waals surface area contributed by atoms with Crippen LogP contribution in [0.3, 0.4) is 0 Å². The van der Waals surface area contributed by atoms with E-state index in [-0.39, 0.29) is 18.6 Å². The van der Waals surface area contributed by atoms with Gasteiger partial charge in [0.15, 0.2) is 0 Å². The Balaban J connectivity index is 2.45. The molecule has 0 aromatic rings. The molecule has 2 aliphatic rings. The van der Waals surface area contributed by atoms with E-state index in [0.717, 1.165) is 6.29 Å². The maximum atomic E-state index is 12.3. The van der Waals surface area contributed by atoms with Gasteiger partial charge in [-0.1, -0.05) is 18.7 Å². The Bertz CT molecular complexity index is 697. The van der Waals surface area contributed by atoms with Crippen molar-refractivity contribution in [2.75, 3.05) is 6.61 Å². The number of fused-ring (bicyclic) bond motifs is 1. The number of hydrogen-bond donors (Lipinski definition) is 1. The number of aldehydes is 1. The van der Waals surface area contributed by atoms with Crippen molar-refractivity contribution in [3.8, 4) is 0 Å². The average molecular weight is 360 g/mol. The van der Waals surface area contributed by atoms with Crippen molar-refractivity contribution < 1.29 is 29.0 Å². The molecule has 6 nitrogen and oxygen atoms in total. The van der Waals surface area contributed by atoms with Crippen LogP contribution in [0.15, 0.2) is 47.1 Å². The lowest BCUT2D eigenvalue weighted by molar-refractivity contribution is -0.147. The summed E-state index contributed by atoms with van der Waals surface area (Å²) < 4.78 is 11.0. The van der Waals surface area contributed by atoms with Gasteiger partial charge in [0.1, 0.15) is 18.5 Å². The van der Waals surface area contributed by atoms with E-state index in [9.17, 15) is 19.5 Å². The summed E-state index contributed by atoms with van der Waals surface area (Å²) in [5, 5.41) is 9.55. The van der Waals surface area contributed by atoms with Crippen molar-refractivity contribution in [3.05, 3.63) is 47.1 Å². The molecule has 0 spiro atoms. The van der Waals surface area contributed by atoms with Crippen molar-refractivity contribution in [2.45, 2.75) is 45.3 Å². The van der Waals surface area contributed by atoms with Gasteiger partial charge in [-0.25, -0.2) is 9.59 Å². The van der Waals surface area contributed by atoms with Gasteiger partial charge in [-0.15, -0.1) is 0 Å². The number of esters is 2. The van der Waals surface area contributed by atoms with Crippen LogP contribution in [-0.4, -0.2) is 42.1 Å². The third-order valence-electron chi connectivity index (χ3n) is 4.74. The van der Waals surface area contributed by atoms with Crippen LogP contribution in [0.2, 0.25) is 0 Å². The molecule has 1 aliphatic carbocycles. The summed E-state index contributed by atoms with van der Waals surface area (Å²) in [5.41, 5.74) is 1.80. The van der Waals surface area contributed by atoms with Crippen LogP contribution in [-0.2, 0) is 23.9 Å². The minimum Gasteiger partial charge on any atom is -0.458 e. The molecule has 1 aliphatic heterocycles. The van der Waals surface area contributed by atoms with Gasteiger partial charge in [-0.2, -0.15) is 0 Å². The fourth-order valence-electron chi connectivity index (χ4n) is 3.07. The van der Waals surface area contributed by atoms with Crippen LogP contribution in [0, 0.1) is 5.92 Å². The van der Waals surface area contributed by atoms with E-state index in [0.29, 0.717) is 29.6 Å². The number of rotatable bonds is 4. The van der Waals surface area contributed by atoms with Gasteiger partial charge in [0.05, 0.1) is 12.5 Å². The average Bonchev–Trinajstić information content (AvgIpc) is 2.91. The molecule has 0 bridgehead atoms. The zero-order valence-corrected chi connectivity index (χ0v) is 15.1. The van der Waals surface area contributed by atoms with E-state index in [1.54, 1.807) is 32.1 Å². The van der Waals surface area contributed by atoms with Crippen molar-refractivity contribution in [1.82, 2.24) is 0 Å². The van der Waals surface area contributed by atoms with Gasteiger partial charge in [0.2, 0.25) is 0 Å². The van der Waals surface area contributed by atoms with Crippen LogP contribution in [0.5, 0.6) is 0 Å². The van der Waals surface area contributed by atoms with E-state index in [4.69, 9.17) is 9.47 Å². The van der Waals surface area contributed by atoms with E-state index >= 15 is 0 Å². The first-order valence-corrected chi connectivity index (χ1v) is 8.59. The smallest absolute Gasteiger partial charge is 0.334 e. The van der Waals surface area contributed by atoms with Crippen LogP contribution in [0.25, 0.3) is 0 Å². The molecule has 0 radical (unpaired) electrons. The molecule has 26 heavy (non-hydrogen) atoms. The molecule has 6 heteroatoms. The quantitative estimate of drug-likeness (QED) is 0.358. The van der Waals surface area contributed by atoms with E-state index in [1.165, 1.54) is 0 Å². The minimum absolute atomic E-state index is 0.172. The molecule has 3 atom stereocenters. The number of carbonyl (C=O) groups is 3. The molecule has 0 aromatic carbocycles. The molecular weight excluding hydrogens is 336 g/mol. The largest absolute Gasteiger partial charge is 0.458 e. The van der Waals surface area contributed by atoms with Gasteiger partial charge in [0.25, 0.3) is 0 Å². The highest BCUT2D eigenvalue weighted by Crippen LogP contribution is 2.36. The third-order valence-corrected chi connectivity index (χ3v) is 4.74. The van der Waals surface area contributed by atoms with Gasteiger partial charge in [-0.3, -0.25) is 4.79 Å². The molecule has 0 unspecified atom stereocenters. The zero-order valence-electron chi connectivity index (χ0n) is 15.1. The Morgan fingerprint density at radius 2 is 2.23 bits per heavy atom. The predicted octanol–water partition coefficient (Wildman–Crippen LogP) is 2.19. The second kappa shape index (κ2) is 8.76. The Labute approximate surface area is 152 Å². The van der Waals surface area contributed by atoms with E-state index in [2.05, 4.69) is 6.58 Å². The maximum absolute atomic E-state index is 12.3. The van der Waals surface area contributed by atoms with Gasteiger partial charge >= 0.3 is 11.9 Å². The highest BCUT2D eigenvalue weighted by atomic mass is 16.6. The Hall–Kier alpha value is -2.47. The number of hydrogen-bond acceptors (Lipinski definition) is 6. The van der Waals surface area contributed by atoms with Gasteiger partial charge in [0, 0.05) is 17.6 Å². The molecular formula is C20H24O6. The summed E-state index contributed by atoms with van der Waals surface area (Å²) in [7, 11) is 0. The van der Waals surface area contributed by atoms with Crippen LogP contribution in [0.4, 0.5) is 0 Å². The molecule has 0 aromatic heterocycles. The first-order valence-electron chi connectivity index (χ1n) is 8.59.